The Morgan fingerprint density at radius 1 is 1.35 bits per heavy atom. The number of halogens is 1. The monoisotopic (exact) mass is 356 g/mol. The molecule has 0 aromatic carbocycles. The van der Waals surface area contributed by atoms with Crippen molar-refractivity contribution in [2.75, 3.05) is 7.05 Å². The molecule has 7 heteroatoms. The molecule has 0 aliphatic carbocycles. The van der Waals surface area contributed by atoms with Crippen LogP contribution in [0, 0.1) is 0 Å². The highest BCUT2D eigenvalue weighted by Crippen LogP contribution is 2.08. The minimum absolute atomic E-state index is 0.105. The molecule has 17 heavy (non-hydrogen) atoms. The predicted octanol–water partition coefficient (Wildman–Crippen LogP) is 0.296. The molecule has 98 valence electrons. The topological polar surface area (TPSA) is 95.5 Å². The van der Waals surface area contributed by atoms with Crippen molar-refractivity contribution in [3.63, 3.8) is 0 Å². The van der Waals surface area contributed by atoms with Crippen molar-refractivity contribution in [1.29, 1.82) is 0 Å². The van der Waals surface area contributed by atoms with E-state index in [4.69, 9.17) is 5.11 Å². The van der Waals surface area contributed by atoms with Gasteiger partial charge in [0, 0.05) is 13.5 Å². The Morgan fingerprint density at radius 3 is 2.35 bits per heavy atom. The summed E-state index contributed by atoms with van der Waals surface area (Å²) in [6.45, 7) is 1.79. The first-order chi connectivity index (χ1) is 7.92. The third-order valence-corrected chi connectivity index (χ3v) is 3.35. The van der Waals surface area contributed by atoms with E-state index in [1.807, 2.05) is 0 Å². The van der Waals surface area contributed by atoms with Gasteiger partial charge in [0.25, 0.3) is 0 Å². The van der Waals surface area contributed by atoms with Crippen LogP contribution < -0.4 is 10.6 Å². The predicted molar refractivity (Wildman–Crippen MR) is 71.0 cm³/mol. The number of carboxylic acids is 1. The van der Waals surface area contributed by atoms with Crippen LogP contribution in [0.3, 0.4) is 0 Å². The van der Waals surface area contributed by atoms with Gasteiger partial charge in [0.05, 0.1) is 0 Å². The quantitative estimate of drug-likeness (QED) is 0.452. The van der Waals surface area contributed by atoms with Gasteiger partial charge in [0.15, 0.2) is 0 Å². The number of carbonyl (C=O) groups is 3. The van der Waals surface area contributed by atoms with Crippen LogP contribution in [0.1, 0.15) is 26.2 Å². The number of rotatable bonds is 7. The van der Waals surface area contributed by atoms with Gasteiger partial charge in [-0.1, -0.05) is 29.5 Å². The van der Waals surface area contributed by atoms with E-state index >= 15 is 0 Å². The Bertz CT molecular complexity index is 296. The largest absolute Gasteiger partial charge is 0.480 e. The average Bonchev–Trinajstić information content (AvgIpc) is 2.31. The number of nitrogens with one attached hydrogen (secondary N) is 2. The summed E-state index contributed by atoms with van der Waals surface area (Å²) in [5.74, 6) is -1.48. The molecule has 0 saturated carbocycles. The average molecular weight is 356 g/mol. The number of carbonyl (C=O) groups excluding carboxylic acids is 2. The van der Waals surface area contributed by atoms with Gasteiger partial charge in [-0.3, -0.25) is 14.4 Å². The lowest BCUT2D eigenvalue weighted by atomic mass is 10.2. The maximum atomic E-state index is 11.5. The molecule has 0 bridgehead atoms. The van der Waals surface area contributed by atoms with E-state index in [9.17, 15) is 14.4 Å². The van der Waals surface area contributed by atoms with Crippen molar-refractivity contribution in [1.82, 2.24) is 10.6 Å². The number of carboxylic acid groups (broad SMARTS) is 1. The number of alkyl halides is 1. The van der Waals surface area contributed by atoms with E-state index in [0.717, 1.165) is 0 Å². The van der Waals surface area contributed by atoms with Crippen LogP contribution in [0.15, 0.2) is 0 Å². The third kappa shape index (κ3) is 6.44. The maximum Gasteiger partial charge on any atom is 0.316 e. The van der Waals surface area contributed by atoms with E-state index in [-0.39, 0.29) is 24.7 Å². The van der Waals surface area contributed by atoms with E-state index in [0.29, 0.717) is 6.42 Å². The van der Waals surface area contributed by atoms with Gasteiger partial charge in [-0.2, -0.15) is 0 Å². The first kappa shape index (κ1) is 16.1. The van der Waals surface area contributed by atoms with E-state index in [1.54, 1.807) is 29.5 Å². The summed E-state index contributed by atoms with van der Waals surface area (Å²) in [6, 6.07) is -0.551. The van der Waals surface area contributed by atoms with Gasteiger partial charge in [-0.05, 0) is 12.8 Å². The van der Waals surface area contributed by atoms with Crippen molar-refractivity contribution in [2.45, 2.75) is 36.2 Å². The van der Waals surface area contributed by atoms with Gasteiger partial charge >= 0.3 is 5.97 Å². The molecule has 0 saturated heterocycles. The van der Waals surface area contributed by atoms with E-state index < -0.39 is 15.9 Å². The van der Waals surface area contributed by atoms with Gasteiger partial charge in [-0.25, -0.2) is 0 Å². The molecule has 0 aliphatic rings. The number of hydrogen-bond acceptors (Lipinski definition) is 3. The molecule has 2 amide bonds. The summed E-state index contributed by atoms with van der Waals surface area (Å²) < 4.78 is -0.585. The molecule has 6 nitrogen and oxygen atoms in total. The van der Waals surface area contributed by atoms with E-state index in [2.05, 4.69) is 10.6 Å². The maximum absolute atomic E-state index is 11.5. The Labute approximate surface area is 114 Å². The smallest absolute Gasteiger partial charge is 0.316 e. The molecule has 0 radical (unpaired) electrons. The van der Waals surface area contributed by atoms with Crippen molar-refractivity contribution < 1.29 is 19.5 Å². The first-order valence-corrected chi connectivity index (χ1v) is 6.54. The Hall–Kier alpha value is -0.860. The highest BCUT2D eigenvalue weighted by Gasteiger charge is 2.19. The van der Waals surface area contributed by atoms with Crippen LogP contribution in [-0.2, 0) is 14.4 Å². The highest BCUT2D eigenvalue weighted by molar-refractivity contribution is 14.1. The van der Waals surface area contributed by atoms with Gasteiger partial charge in [-0.15, -0.1) is 0 Å². The zero-order valence-corrected chi connectivity index (χ0v) is 12.0. The second-order valence-corrected chi connectivity index (χ2v) is 4.99. The number of hydrogen-bond donors (Lipinski definition) is 3. The molecule has 0 aliphatic heterocycles. The summed E-state index contributed by atoms with van der Waals surface area (Å²) in [5, 5.41) is 13.7. The van der Waals surface area contributed by atoms with Gasteiger partial charge in [0.2, 0.25) is 11.8 Å². The summed E-state index contributed by atoms with van der Waals surface area (Å²) >= 11 is 1.77. The molecule has 0 aromatic rings. The number of aliphatic carboxylic acids is 1. The van der Waals surface area contributed by atoms with Crippen molar-refractivity contribution >= 4 is 40.4 Å². The van der Waals surface area contributed by atoms with Crippen molar-refractivity contribution in [2.24, 2.45) is 0 Å². The molecule has 0 heterocycles. The van der Waals surface area contributed by atoms with Gasteiger partial charge < -0.3 is 15.7 Å². The molecule has 0 rings (SSSR count). The molecule has 0 spiro atoms. The minimum Gasteiger partial charge on any atom is -0.480 e. The molecule has 0 fully saturated rings. The summed E-state index contributed by atoms with van der Waals surface area (Å²) in [7, 11) is 1.50. The van der Waals surface area contributed by atoms with Crippen LogP contribution in [0.2, 0.25) is 0 Å². The second kappa shape index (κ2) is 8.26. The zero-order chi connectivity index (χ0) is 13.4. The van der Waals surface area contributed by atoms with Crippen molar-refractivity contribution in [3.05, 3.63) is 0 Å². The lowest BCUT2D eigenvalue weighted by Crippen LogP contribution is -2.45. The summed E-state index contributed by atoms with van der Waals surface area (Å²) in [6.07, 6.45) is 0.858. The van der Waals surface area contributed by atoms with Crippen molar-refractivity contribution in [3.8, 4) is 0 Å². The lowest BCUT2D eigenvalue weighted by molar-refractivity contribution is -0.136. The number of likely N-dealkylation sites (N-methyl/N-ethyl adjacent to an activating group) is 1. The van der Waals surface area contributed by atoms with Gasteiger partial charge in [0.1, 0.15) is 9.97 Å². The summed E-state index contributed by atoms with van der Waals surface area (Å²) in [4.78, 5) is 33.3. The molecular weight excluding hydrogens is 339 g/mol. The molecule has 3 N–H and O–H groups in total. The SMILES string of the molecule is CCC(NC(=O)CCC(I)C(=O)O)C(=O)NC. The highest BCUT2D eigenvalue weighted by atomic mass is 127. The third-order valence-electron chi connectivity index (χ3n) is 2.20. The van der Waals surface area contributed by atoms with Crippen LogP contribution in [0.4, 0.5) is 0 Å². The fraction of sp³-hybridized carbons (Fsp3) is 0.700. The fourth-order valence-electron chi connectivity index (χ4n) is 1.18. The summed E-state index contributed by atoms with van der Waals surface area (Å²) in [5.41, 5.74) is 0. The fourth-order valence-corrected chi connectivity index (χ4v) is 1.49. The van der Waals surface area contributed by atoms with E-state index in [1.165, 1.54) is 7.05 Å². The standard InChI is InChI=1S/C10H17IN2O4/c1-3-7(9(15)12-2)13-8(14)5-4-6(11)10(16)17/h6-7H,3-5H2,1-2H3,(H,12,15)(H,13,14)(H,16,17). The van der Waals surface area contributed by atoms with Crippen LogP contribution in [0.5, 0.6) is 0 Å². The minimum atomic E-state index is -0.934. The number of amides is 2. The Morgan fingerprint density at radius 2 is 1.94 bits per heavy atom. The molecule has 2 unspecified atom stereocenters. The normalized spacial score (nSPS) is 13.6. The first-order valence-electron chi connectivity index (χ1n) is 5.30. The molecule has 0 aromatic heterocycles. The van der Waals surface area contributed by atoms with Crippen LogP contribution in [0.25, 0.3) is 0 Å². The Balaban J connectivity index is 4.08. The molecular formula is C10H17IN2O4. The Kier molecular flexibility index (Phi) is 7.85. The van der Waals surface area contributed by atoms with Crippen LogP contribution in [-0.4, -0.2) is 39.9 Å². The lowest BCUT2D eigenvalue weighted by Gasteiger charge is -2.15. The second-order valence-electron chi connectivity index (χ2n) is 3.49. The van der Waals surface area contributed by atoms with Crippen LogP contribution >= 0.6 is 22.6 Å². The molecule has 2 atom stereocenters. The zero-order valence-electron chi connectivity index (χ0n) is 9.83.